The van der Waals surface area contributed by atoms with Crippen LogP contribution in [0.15, 0.2) is 119 Å². The minimum atomic E-state index is -2.45. The van der Waals surface area contributed by atoms with Gasteiger partial charge in [-0.2, -0.15) is 10.1 Å². The Labute approximate surface area is 730 Å². The number of nitrogens with two attached hydrogens (primary N) is 2. The summed E-state index contributed by atoms with van der Waals surface area (Å²) in [5.74, 6) is -6.38. The normalized spacial score (nSPS) is 26.8. The summed E-state index contributed by atoms with van der Waals surface area (Å²) in [7, 11) is 3.27. The lowest BCUT2D eigenvalue weighted by atomic mass is 9.81. The van der Waals surface area contributed by atoms with Crippen molar-refractivity contribution in [2.75, 3.05) is 109 Å². The number of nitrogens with zero attached hydrogens (tertiary/aromatic N) is 13. The number of anilines is 3. The number of methoxy groups -OCH3 is 2. The average molecular weight is 1730 g/mol. The lowest BCUT2D eigenvalue weighted by molar-refractivity contribution is -0.265. The van der Waals surface area contributed by atoms with Crippen LogP contribution >= 0.6 is 0 Å². The molecular weight excluding hydrogens is 1600 g/mol. The highest BCUT2D eigenvalue weighted by atomic mass is 16.6. The Bertz CT molecular complexity index is 4870. The fourth-order valence-electron chi connectivity index (χ4n) is 17.2. The molecule has 0 radical (unpaired) electrons. The van der Waals surface area contributed by atoms with Crippen LogP contribution < -0.4 is 21.7 Å². The molecule has 4 aliphatic heterocycles. The Morgan fingerprint density at radius 2 is 1.53 bits per heavy atom. The summed E-state index contributed by atoms with van der Waals surface area (Å²) in [5.41, 5.74) is 20.3. The second-order valence-electron chi connectivity index (χ2n) is 34.1. The van der Waals surface area contributed by atoms with Crippen LogP contribution in [0.4, 0.5) is 17.8 Å². The monoisotopic (exact) mass is 1730 g/mol. The molecule has 4 fully saturated rings. The van der Waals surface area contributed by atoms with Crippen LogP contribution in [-0.2, 0) is 92.9 Å². The quantitative estimate of drug-likeness (QED) is 0.0121. The van der Waals surface area contributed by atoms with Crippen LogP contribution in [0.3, 0.4) is 0 Å². The number of nitrogens with one attached hydrogen (secondary N) is 1. The van der Waals surface area contributed by atoms with Gasteiger partial charge in [-0.3, -0.25) is 28.9 Å². The fraction of sp³-hybridized carbons (Fsp3) is 0.587. The molecule has 2 bridgehead atoms. The highest BCUT2D eigenvalue weighted by molar-refractivity contribution is 6.39. The van der Waals surface area contributed by atoms with E-state index < -0.39 is 65.7 Å². The average Bonchev–Trinajstić information content (AvgIpc) is 1.54. The van der Waals surface area contributed by atoms with E-state index in [9.17, 15) is 39.0 Å². The van der Waals surface area contributed by atoms with Crippen molar-refractivity contribution in [3.05, 3.63) is 126 Å². The second-order valence-corrected chi connectivity index (χ2v) is 34.1. The van der Waals surface area contributed by atoms with Crippen molar-refractivity contribution >= 4 is 75.0 Å². The fourth-order valence-corrected chi connectivity index (χ4v) is 17.2. The molecule has 125 heavy (non-hydrogen) atoms. The van der Waals surface area contributed by atoms with Crippen LogP contribution in [0.2, 0.25) is 0 Å². The minimum absolute atomic E-state index is 0.0598. The van der Waals surface area contributed by atoms with E-state index in [2.05, 4.69) is 46.4 Å². The molecule has 5 aliphatic rings. The number of ether oxygens (including phenoxy) is 8. The number of oxazole rings is 1. The molecule has 7 aromatic rings. The molecule has 1 saturated carbocycles. The first-order valence-electron chi connectivity index (χ1n) is 44.4. The van der Waals surface area contributed by atoms with Crippen molar-refractivity contribution < 1.29 is 81.3 Å². The van der Waals surface area contributed by atoms with Gasteiger partial charge in [0.2, 0.25) is 17.6 Å². The van der Waals surface area contributed by atoms with Crippen molar-refractivity contribution in [1.82, 2.24) is 64.8 Å². The lowest BCUT2D eigenvalue weighted by Crippen LogP contribution is -2.60. The zero-order valence-electron chi connectivity index (χ0n) is 73.6. The third-order valence-electron chi connectivity index (χ3n) is 24.8. The number of piperazine rings is 1. The number of aliphatic hydroxyl groups excluding tert-OH is 1. The first kappa shape index (κ1) is 94.2. The number of benzene rings is 2. The van der Waals surface area contributed by atoms with Gasteiger partial charge in [0.25, 0.3) is 17.7 Å². The molecule has 5 aromatic heterocycles. The summed E-state index contributed by atoms with van der Waals surface area (Å²) in [5, 5.41) is 40.7. The van der Waals surface area contributed by atoms with Crippen LogP contribution in [-0.4, -0.2) is 246 Å². The smallest absolute Gasteiger partial charge is 0.329 e. The molecule has 676 valence electrons. The van der Waals surface area contributed by atoms with Crippen LogP contribution in [0, 0.1) is 29.6 Å². The standard InChI is InChI=1S/C92H126N16O17/c1-59-17-10-9-11-18-60(2)80(117-7)51-72-26-22-64(6)92(116,125-72)85(113)88(114)107-32-14-12-21-74(107)89(115)123-71(50-75(109)62(4)46-63(5)77(111)52-76(110)61(3)45-59)27-23-65-24-28-79(81(48-65)118-8)122-57-66-19-16-20-67(47-66)69-53-96-91(97-54-69)105-36-34-104(35-37-105)55-70-56-106(103-101-70)38-40-120-42-44-121-43-41-119-39-30-82(112)95-31-13-15-33-108-87-83(86(93)98-58-99-87)84(102-108)68-25-29-78-73(49-68)100-90(94)124-78/h9-11,16-20,25,29,46-47,49,53-54,56,58-59,61-62,64-65,71-72,74,77,79-81,111,116H,12-15,21-24,26-28,30-45,48,50-52,55,57H2,1-8H3,(H2,94,100)(H,95,112)(H2,93,98,99)/b11-9+,17-10+,60-18+,63-46+/t59-,61-,62-,64-,65-,71-,72+,74+,77+,79-,80+,81-,92-/m1/s1. The largest absolute Gasteiger partial charge is 0.460 e. The Morgan fingerprint density at radius 3 is 2.31 bits per heavy atom. The molecule has 0 unspecified atom stereocenters. The van der Waals surface area contributed by atoms with Crippen LogP contribution in [0.1, 0.15) is 162 Å². The molecule has 12 rings (SSSR count). The van der Waals surface area contributed by atoms with Gasteiger partial charge in [0.05, 0.1) is 94.4 Å². The number of unbranched alkanes of at least 4 members (excludes halogenated alkanes) is 1. The van der Waals surface area contributed by atoms with Gasteiger partial charge in [-0.25, -0.2) is 34.1 Å². The molecule has 2 amide bonds. The van der Waals surface area contributed by atoms with Crippen LogP contribution in [0.5, 0.6) is 0 Å². The van der Waals surface area contributed by atoms with E-state index in [1.807, 2.05) is 105 Å². The summed E-state index contributed by atoms with van der Waals surface area (Å²) in [6, 6.07) is 12.6. The zero-order chi connectivity index (χ0) is 88.5. The van der Waals surface area contributed by atoms with Crippen LogP contribution in [0.25, 0.3) is 44.5 Å². The van der Waals surface area contributed by atoms with Gasteiger partial charge in [0.1, 0.15) is 47.1 Å². The number of rotatable bonds is 30. The van der Waals surface area contributed by atoms with Gasteiger partial charge in [-0.05, 0) is 156 Å². The van der Waals surface area contributed by atoms with E-state index in [0.29, 0.717) is 175 Å². The predicted octanol–water partition coefficient (Wildman–Crippen LogP) is 10.1. The summed E-state index contributed by atoms with van der Waals surface area (Å²) >= 11 is 0. The van der Waals surface area contributed by atoms with Crippen molar-refractivity contribution in [3.63, 3.8) is 0 Å². The Balaban J connectivity index is 0.544. The van der Waals surface area contributed by atoms with Gasteiger partial charge < -0.3 is 79.1 Å². The van der Waals surface area contributed by atoms with E-state index in [4.69, 9.17) is 68.8 Å². The summed E-state index contributed by atoms with van der Waals surface area (Å²) in [6.45, 7) is 19.0. The number of esters is 1. The van der Waals surface area contributed by atoms with Crippen molar-refractivity contribution in [3.8, 4) is 22.4 Å². The number of aryl methyl sites for hydroxylation is 1. The summed E-state index contributed by atoms with van der Waals surface area (Å²) in [6.07, 6.45) is 22.5. The molecule has 1 aliphatic carbocycles. The van der Waals surface area contributed by atoms with Crippen molar-refractivity contribution in [2.45, 2.75) is 225 Å². The van der Waals surface area contributed by atoms with Gasteiger partial charge >= 0.3 is 5.97 Å². The van der Waals surface area contributed by atoms with E-state index >= 15 is 0 Å². The third kappa shape index (κ3) is 26.1. The van der Waals surface area contributed by atoms with E-state index in [1.165, 1.54) is 11.2 Å². The van der Waals surface area contributed by atoms with Crippen molar-refractivity contribution in [2.24, 2.45) is 29.6 Å². The number of aromatic nitrogens is 10. The van der Waals surface area contributed by atoms with Gasteiger partial charge in [0, 0.05) is 140 Å². The molecular formula is C92H126N16O17. The summed E-state index contributed by atoms with van der Waals surface area (Å²) < 4.78 is 57.4. The highest BCUT2D eigenvalue weighted by Crippen LogP contribution is 2.39. The minimum Gasteiger partial charge on any atom is -0.460 e. The molecule has 2 aromatic carbocycles. The molecule has 7 N–H and O–H groups in total. The number of nitrogen functional groups attached to an aromatic ring is 2. The predicted molar refractivity (Wildman–Crippen MR) is 468 cm³/mol. The topological polar surface area (TPSA) is 417 Å². The van der Waals surface area contributed by atoms with Gasteiger partial charge in [-0.1, -0.05) is 87.6 Å². The number of aliphatic hydroxyl groups is 2. The first-order chi connectivity index (χ1) is 60.4. The number of carbonyl (C=O) groups is 6. The maximum atomic E-state index is 14.7. The molecule has 3 saturated heterocycles. The lowest BCUT2D eigenvalue weighted by Gasteiger charge is -2.42. The number of Topliss-reactive ketones (excluding diaryl/α,β-unsaturated/α-hetero) is 3. The van der Waals surface area contributed by atoms with E-state index in [1.54, 1.807) is 51.8 Å². The number of hydrogen-bond donors (Lipinski definition) is 5. The number of hydrogen-bond acceptors (Lipinski definition) is 29. The van der Waals surface area contributed by atoms with E-state index in [0.717, 1.165) is 79.0 Å². The Hall–Kier alpha value is -9.94. The Morgan fingerprint density at radius 1 is 0.744 bits per heavy atom. The number of carbonyl (C=O) groups excluding carboxylic acids is 6. The number of cyclic esters (lactones) is 1. The molecule has 33 nitrogen and oxygen atoms in total. The number of fused-ring (bicyclic) bond motifs is 5. The summed E-state index contributed by atoms with van der Waals surface area (Å²) in [4.78, 5) is 112. The second kappa shape index (κ2) is 46.0. The highest BCUT2D eigenvalue weighted by Gasteiger charge is 2.53. The number of ketones is 3. The maximum Gasteiger partial charge on any atom is 0.329 e. The molecule has 9 heterocycles. The van der Waals surface area contributed by atoms with Gasteiger partial charge in [0.15, 0.2) is 11.2 Å². The molecule has 0 spiro atoms. The van der Waals surface area contributed by atoms with Gasteiger partial charge in [-0.15, -0.1) is 5.10 Å². The SMILES string of the molecule is CO[C@H]1C[C@@H]2CC[C@@H](C)[C@@](O)(O2)C(=O)C(=O)N2CCCC[C@H]2C(=O)O[C@H](CC[C@@H]2CC[C@@H](OCc3cccc(-c4cnc(N5CCN(Cc6cn(CCOCCOCCOCCC(=O)NCCCCn7nc(-c8ccc9oc(N)nc9c8)c8c(N)ncnc87)nn6)CC5)nc4)c3)[C@H](OC)C2)CC(=O)[C@H](C)/C=C(\C)[C@@H](O)CC(=O)[C@H](C)C[C@H](C)/C=C/C=C/C=C/1C. The Kier molecular flexibility index (Phi) is 34.7. The molecule has 13 atom stereocenters. The zero-order valence-corrected chi connectivity index (χ0v) is 73.6. The van der Waals surface area contributed by atoms with E-state index in [-0.39, 0.29) is 92.3 Å². The van der Waals surface area contributed by atoms with Crippen molar-refractivity contribution in [1.29, 1.82) is 0 Å². The third-order valence-corrected chi connectivity index (χ3v) is 24.8. The number of amides is 2. The molecule has 33 heteroatoms. The maximum absolute atomic E-state index is 14.7. The number of allylic oxidation sites excluding steroid dienone is 6. The first-order valence-corrected chi connectivity index (χ1v) is 44.4. The number of piperidine rings is 1.